The Morgan fingerprint density at radius 2 is 1.76 bits per heavy atom. The van der Waals surface area contributed by atoms with Crippen molar-refractivity contribution in [2.45, 2.75) is 65.1 Å². The molecule has 0 amide bonds. The van der Waals surface area contributed by atoms with E-state index in [1.807, 2.05) is 14.0 Å². The van der Waals surface area contributed by atoms with Crippen LogP contribution in [0.3, 0.4) is 0 Å². The van der Waals surface area contributed by atoms with Crippen LogP contribution in [0.15, 0.2) is 0 Å². The van der Waals surface area contributed by atoms with Crippen molar-refractivity contribution in [2.24, 2.45) is 11.7 Å². The monoisotopic (exact) mass is 244 g/mol. The van der Waals surface area contributed by atoms with E-state index < -0.39 is 11.5 Å². The highest BCUT2D eigenvalue weighted by Crippen LogP contribution is 2.18. The number of carboxylic acid groups (broad SMARTS) is 1. The van der Waals surface area contributed by atoms with Gasteiger partial charge >= 0.3 is 5.97 Å². The molecule has 0 aliphatic carbocycles. The Bertz CT molecular complexity index is 252. The summed E-state index contributed by atoms with van der Waals surface area (Å²) in [7, 11) is 2.04. The third-order valence-corrected chi connectivity index (χ3v) is 3.41. The second kappa shape index (κ2) is 6.36. The summed E-state index contributed by atoms with van der Waals surface area (Å²) < 4.78 is 0. The summed E-state index contributed by atoms with van der Waals surface area (Å²) in [6.45, 7) is 10.2. The van der Waals surface area contributed by atoms with Crippen LogP contribution in [0.4, 0.5) is 0 Å². The Hall–Kier alpha value is -0.610. The summed E-state index contributed by atoms with van der Waals surface area (Å²) in [4.78, 5) is 13.2. The Kier molecular flexibility index (Phi) is 6.13. The molecule has 0 saturated carbocycles. The number of hydrogen-bond donors (Lipinski definition) is 2. The van der Waals surface area contributed by atoms with Crippen LogP contribution in [0, 0.1) is 5.92 Å². The predicted molar refractivity (Wildman–Crippen MR) is 71.0 cm³/mol. The second-order valence-corrected chi connectivity index (χ2v) is 5.92. The lowest BCUT2D eigenvalue weighted by atomic mass is 9.93. The molecule has 3 unspecified atom stereocenters. The van der Waals surface area contributed by atoms with Crippen molar-refractivity contribution < 1.29 is 9.90 Å². The van der Waals surface area contributed by atoms with Gasteiger partial charge in [-0.05, 0) is 46.6 Å². The van der Waals surface area contributed by atoms with Crippen LogP contribution in [-0.4, -0.2) is 40.6 Å². The van der Waals surface area contributed by atoms with Crippen LogP contribution >= 0.6 is 0 Å². The Morgan fingerprint density at radius 1 is 1.29 bits per heavy atom. The van der Waals surface area contributed by atoms with E-state index in [2.05, 4.69) is 25.7 Å². The maximum atomic E-state index is 11.0. The molecule has 3 N–H and O–H groups in total. The average Bonchev–Trinajstić information content (AvgIpc) is 2.14. The van der Waals surface area contributed by atoms with Crippen molar-refractivity contribution >= 4 is 5.97 Å². The lowest BCUT2D eigenvalue weighted by Gasteiger charge is -2.35. The van der Waals surface area contributed by atoms with Crippen LogP contribution in [-0.2, 0) is 4.79 Å². The van der Waals surface area contributed by atoms with Crippen LogP contribution < -0.4 is 5.73 Å². The molecule has 0 bridgehead atoms. The Morgan fingerprint density at radius 3 is 2.12 bits per heavy atom. The summed E-state index contributed by atoms with van der Waals surface area (Å²) in [5.41, 5.74) is 4.63. The van der Waals surface area contributed by atoms with Gasteiger partial charge in [0.2, 0.25) is 0 Å². The Labute approximate surface area is 105 Å². The molecule has 0 aromatic heterocycles. The number of aliphatic carboxylic acids is 1. The molecular weight excluding hydrogens is 216 g/mol. The van der Waals surface area contributed by atoms with E-state index >= 15 is 0 Å². The molecule has 0 aromatic carbocycles. The van der Waals surface area contributed by atoms with Crippen molar-refractivity contribution in [1.29, 1.82) is 0 Å². The van der Waals surface area contributed by atoms with Crippen LogP contribution in [0.25, 0.3) is 0 Å². The lowest BCUT2D eigenvalue weighted by molar-refractivity contribution is -0.143. The number of nitrogens with two attached hydrogens (primary N) is 1. The summed E-state index contributed by atoms with van der Waals surface area (Å²) >= 11 is 0. The smallest absolute Gasteiger partial charge is 0.323 e. The molecule has 4 nitrogen and oxygen atoms in total. The zero-order chi connectivity index (χ0) is 13.8. The Balaban J connectivity index is 4.40. The maximum absolute atomic E-state index is 11.0. The van der Waals surface area contributed by atoms with Crippen LogP contribution in [0.5, 0.6) is 0 Å². The zero-order valence-electron chi connectivity index (χ0n) is 12.0. The standard InChI is InChI=1S/C13H28N2O2/c1-9(2)7-10(3)15(6)11(4)8-13(5,14)12(16)17/h9-11H,7-8,14H2,1-6H3,(H,16,17). The van der Waals surface area contributed by atoms with Gasteiger partial charge in [-0.3, -0.25) is 4.79 Å². The number of hydrogen-bond acceptors (Lipinski definition) is 3. The predicted octanol–water partition coefficient (Wildman–Crippen LogP) is 1.93. The fraction of sp³-hybridized carbons (Fsp3) is 0.923. The summed E-state index contributed by atoms with van der Waals surface area (Å²) in [6, 6.07) is 0.601. The molecule has 0 fully saturated rings. The number of nitrogens with zero attached hydrogens (tertiary/aromatic N) is 1. The van der Waals surface area contributed by atoms with Crippen molar-refractivity contribution in [2.75, 3.05) is 7.05 Å². The number of carboxylic acids is 1. The van der Waals surface area contributed by atoms with Gasteiger partial charge in [0.15, 0.2) is 0 Å². The van der Waals surface area contributed by atoms with Crippen LogP contribution in [0.1, 0.15) is 47.5 Å². The average molecular weight is 244 g/mol. The van der Waals surface area contributed by atoms with Crippen molar-refractivity contribution in [3.8, 4) is 0 Å². The first-order valence-corrected chi connectivity index (χ1v) is 6.32. The van der Waals surface area contributed by atoms with Gasteiger partial charge < -0.3 is 15.7 Å². The first-order chi connectivity index (χ1) is 7.58. The van der Waals surface area contributed by atoms with Crippen molar-refractivity contribution in [1.82, 2.24) is 4.90 Å². The minimum Gasteiger partial charge on any atom is -0.480 e. The topological polar surface area (TPSA) is 66.6 Å². The van der Waals surface area contributed by atoms with E-state index in [9.17, 15) is 4.79 Å². The van der Waals surface area contributed by atoms with E-state index in [-0.39, 0.29) is 6.04 Å². The first-order valence-electron chi connectivity index (χ1n) is 6.32. The molecule has 17 heavy (non-hydrogen) atoms. The van der Waals surface area contributed by atoms with E-state index in [1.54, 1.807) is 6.92 Å². The zero-order valence-corrected chi connectivity index (χ0v) is 12.0. The third kappa shape index (κ3) is 5.50. The van der Waals surface area contributed by atoms with E-state index in [4.69, 9.17) is 10.8 Å². The molecule has 0 spiro atoms. The molecule has 0 saturated heterocycles. The molecule has 0 radical (unpaired) electrons. The minimum absolute atomic E-state index is 0.162. The SMILES string of the molecule is CC(C)CC(C)N(C)C(C)CC(C)(N)C(=O)O. The fourth-order valence-corrected chi connectivity index (χ4v) is 2.13. The van der Waals surface area contributed by atoms with E-state index in [0.717, 1.165) is 6.42 Å². The summed E-state index contributed by atoms with van der Waals surface area (Å²) in [5, 5.41) is 9.01. The maximum Gasteiger partial charge on any atom is 0.323 e. The molecular formula is C13H28N2O2. The van der Waals surface area contributed by atoms with Crippen molar-refractivity contribution in [3.05, 3.63) is 0 Å². The highest BCUT2D eigenvalue weighted by Gasteiger charge is 2.32. The van der Waals surface area contributed by atoms with Gasteiger partial charge in [-0.15, -0.1) is 0 Å². The minimum atomic E-state index is -1.15. The number of rotatable bonds is 7. The van der Waals surface area contributed by atoms with E-state index in [1.165, 1.54) is 0 Å². The van der Waals surface area contributed by atoms with Gasteiger partial charge in [-0.2, -0.15) is 0 Å². The molecule has 0 heterocycles. The van der Waals surface area contributed by atoms with Crippen molar-refractivity contribution in [3.63, 3.8) is 0 Å². The normalized spacial score (nSPS) is 19.1. The molecule has 0 rings (SSSR count). The lowest BCUT2D eigenvalue weighted by Crippen LogP contribution is -2.51. The molecule has 0 aliphatic heterocycles. The van der Waals surface area contributed by atoms with Gasteiger partial charge in [0.1, 0.15) is 5.54 Å². The second-order valence-electron chi connectivity index (χ2n) is 5.92. The third-order valence-electron chi connectivity index (χ3n) is 3.41. The van der Waals surface area contributed by atoms with Gasteiger partial charge in [-0.1, -0.05) is 13.8 Å². The largest absolute Gasteiger partial charge is 0.480 e. The molecule has 3 atom stereocenters. The van der Waals surface area contributed by atoms with Gasteiger partial charge in [0.05, 0.1) is 0 Å². The summed E-state index contributed by atoms with van der Waals surface area (Å²) in [5.74, 6) is -0.294. The highest BCUT2D eigenvalue weighted by atomic mass is 16.4. The molecule has 0 aromatic rings. The highest BCUT2D eigenvalue weighted by molar-refractivity contribution is 5.77. The van der Waals surface area contributed by atoms with E-state index in [0.29, 0.717) is 18.4 Å². The number of carbonyl (C=O) groups is 1. The molecule has 0 aliphatic rings. The van der Waals surface area contributed by atoms with Gasteiger partial charge in [0, 0.05) is 12.1 Å². The molecule has 4 heteroatoms. The van der Waals surface area contributed by atoms with Gasteiger partial charge in [-0.25, -0.2) is 0 Å². The van der Waals surface area contributed by atoms with Crippen LogP contribution in [0.2, 0.25) is 0 Å². The quantitative estimate of drug-likeness (QED) is 0.718. The van der Waals surface area contributed by atoms with Gasteiger partial charge in [0.25, 0.3) is 0 Å². The molecule has 102 valence electrons. The fourth-order valence-electron chi connectivity index (χ4n) is 2.13. The first kappa shape index (κ1) is 16.4. The summed E-state index contributed by atoms with van der Waals surface area (Å²) in [6.07, 6.45) is 1.57.